The molecule has 4 heteroatoms. The zero-order valence-electron chi connectivity index (χ0n) is 13.7. The fourth-order valence-electron chi connectivity index (χ4n) is 3.08. The fraction of sp³-hybridized carbons (Fsp3) is 0.611. The largest absolute Gasteiger partial charge is 0.396 e. The average molecular weight is 304 g/mol. The molecule has 0 spiro atoms. The van der Waals surface area contributed by atoms with Crippen molar-refractivity contribution in [2.45, 2.75) is 32.2 Å². The lowest BCUT2D eigenvalue weighted by molar-refractivity contribution is -0.134. The number of aliphatic hydroxyl groups is 1. The summed E-state index contributed by atoms with van der Waals surface area (Å²) in [5.74, 6) is 0.910. The normalized spacial score (nSPS) is 18.1. The smallest absolute Gasteiger partial charge is 0.237 e. The predicted octanol–water partition coefficient (Wildman–Crippen LogP) is 2.30. The van der Waals surface area contributed by atoms with Crippen LogP contribution in [0.1, 0.15) is 37.8 Å². The molecular formula is C18H28N2O2. The van der Waals surface area contributed by atoms with E-state index in [9.17, 15) is 9.90 Å². The van der Waals surface area contributed by atoms with Gasteiger partial charge in [-0.05, 0) is 43.8 Å². The van der Waals surface area contributed by atoms with Gasteiger partial charge in [-0.2, -0.15) is 0 Å². The highest BCUT2D eigenvalue weighted by atomic mass is 16.3. The lowest BCUT2D eigenvalue weighted by Crippen LogP contribution is -2.43. The molecule has 1 atom stereocenters. The molecule has 1 heterocycles. The van der Waals surface area contributed by atoms with Crippen LogP contribution >= 0.6 is 0 Å². The molecule has 0 bridgehead atoms. The first-order valence-electron chi connectivity index (χ1n) is 8.25. The van der Waals surface area contributed by atoms with Crippen molar-refractivity contribution >= 4 is 5.91 Å². The second-order valence-corrected chi connectivity index (χ2v) is 6.40. The lowest BCUT2D eigenvalue weighted by Gasteiger charge is -2.33. The summed E-state index contributed by atoms with van der Waals surface area (Å²) in [6.45, 7) is 4.86. The molecule has 1 fully saturated rings. The molecule has 122 valence electrons. The maximum atomic E-state index is 12.6. The second kappa shape index (κ2) is 8.30. The van der Waals surface area contributed by atoms with Crippen molar-refractivity contribution < 1.29 is 9.90 Å². The van der Waals surface area contributed by atoms with E-state index in [1.54, 1.807) is 4.90 Å². The Morgan fingerprint density at radius 2 is 1.95 bits per heavy atom. The number of hydrogen-bond donors (Lipinski definition) is 1. The van der Waals surface area contributed by atoms with Crippen LogP contribution in [0, 0.1) is 5.92 Å². The van der Waals surface area contributed by atoms with E-state index >= 15 is 0 Å². The number of aliphatic hydroxyl groups excluding tert-OH is 1. The highest BCUT2D eigenvalue weighted by molar-refractivity contribution is 5.78. The summed E-state index contributed by atoms with van der Waals surface area (Å²) in [7, 11) is 1.85. The number of benzene rings is 1. The number of nitrogens with zero attached hydrogens (tertiary/aromatic N) is 2. The van der Waals surface area contributed by atoms with Crippen molar-refractivity contribution in [3.63, 3.8) is 0 Å². The average Bonchev–Trinajstić information content (AvgIpc) is 2.55. The first kappa shape index (κ1) is 17.0. The predicted molar refractivity (Wildman–Crippen MR) is 88.5 cm³/mol. The van der Waals surface area contributed by atoms with Crippen LogP contribution < -0.4 is 0 Å². The number of carbonyl (C=O) groups excluding carboxylic acids is 1. The number of carbonyl (C=O) groups is 1. The molecule has 1 aliphatic rings. The number of hydrogen-bond acceptors (Lipinski definition) is 3. The molecule has 0 saturated carbocycles. The molecule has 22 heavy (non-hydrogen) atoms. The molecule has 1 amide bonds. The van der Waals surface area contributed by atoms with E-state index in [4.69, 9.17) is 0 Å². The van der Waals surface area contributed by atoms with Gasteiger partial charge in [0.25, 0.3) is 0 Å². The molecule has 1 aliphatic heterocycles. The quantitative estimate of drug-likeness (QED) is 0.877. The highest BCUT2D eigenvalue weighted by Crippen LogP contribution is 2.23. The summed E-state index contributed by atoms with van der Waals surface area (Å²) in [4.78, 5) is 16.6. The SMILES string of the molecule is CC1CCN(CC(=O)N(C)C(CCO)c2ccccc2)CC1. The van der Waals surface area contributed by atoms with Crippen LogP contribution in [-0.4, -0.2) is 54.1 Å². The van der Waals surface area contributed by atoms with Crippen LogP contribution in [-0.2, 0) is 4.79 Å². The van der Waals surface area contributed by atoms with Crippen molar-refractivity contribution in [3.05, 3.63) is 35.9 Å². The highest BCUT2D eigenvalue weighted by Gasteiger charge is 2.24. The third-order valence-electron chi connectivity index (χ3n) is 4.68. The van der Waals surface area contributed by atoms with E-state index in [0.717, 1.165) is 24.6 Å². The number of amides is 1. The molecule has 1 unspecified atom stereocenters. The Labute approximate surface area is 133 Å². The van der Waals surface area contributed by atoms with Gasteiger partial charge in [0.1, 0.15) is 0 Å². The van der Waals surface area contributed by atoms with Crippen LogP contribution in [0.25, 0.3) is 0 Å². The number of piperidine rings is 1. The van der Waals surface area contributed by atoms with Gasteiger partial charge in [-0.25, -0.2) is 0 Å². The molecule has 0 aliphatic carbocycles. The van der Waals surface area contributed by atoms with Gasteiger partial charge in [0.05, 0.1) is 12.6 Å². The topological polar surface area (TPSA) is 43.8 Å². The van der Waals surface area contributed by atoms with Crippen LogP contribution in [0.4, 0.5) is 0 Å². The van der Waals surface area contributed by atoms with Gasteiger partial charge >= 0.3 is 0 Å². The minimum Gasteiger partial charge on any atom is -0.396 e. The van der Waals surface area contributed by atoms with Crippen LogP contribution in [0.3, 0.4) is 0 Å². The van der Waals surface area contributed by atoms with Gasteiger partial charge in [0.2, 0.25) is 5.91 Å². The molecule has 1 aromatic carbocycles. The molecule has 0 aromatic heterocycles. The third kappa shape index (κ3) is 4.55. The summed E-state index contributed by atoms with van der Waals surface area (Å²) >= 11 is 0. The van der Waals surface area contributed by atoms with E-state index in [1.807, 2.05) is 37.4 Å². The Morgan fingerprint density at radius 1 is 1.32 bits per heavy atom. The molecule has 0 radical (unpaired) electrons. The molecule has 4 nitrogen and oxygen atoms in total. The van der Waals surface area contributed by atoms with Gasteiger partial charge < -0.3 is 10.0 Å². The number of likely N-dealkylation sites (tertiary alicyclic amines) is 1. The molecule has 1 N–H and O–H groups in total. The van der Waals surface area contributed by atoms with Gasteiger partial charge in [-0.1, -0.05) is 37.3 Å². The standard InChI is InChI=1S/C18H28N2O2/c1-15-8-11-20(12-9-15)14-18(22)19(2)17(10-13-21)16-6-4-3-5-7-16/h3-7,15,17,21H,8-14H2,1-2H3. The van der Waals surface area contributed by atoms with Crippen molar-refractivity contribution in [3.8, 4) is 0 Å². The van der Waals surface area contributed by atoms with Crippen LogP contribution in [0.15, 0.2) is 30.3 Å². The molecular weight excluding hydrogens is 276 g/mol. The number of rotatable bonds is 6. The van der Waals surface area contributed by atoms with E-state index in [1.165, 1.54) is 12.8 Å². The zero-order chi connectivity index (χ0) is 15.9. The van der Waals surface area contributed by atoms with E-state index in [-0.39, 0.29) is 18.6 Å². The first-order valence-corrected chi connectivity index (χ1v) is 8.25. The van der Waals surface area contributed by atoms with Crippen LogP contribution in [0.5, 0.6) is 0 Å². The van der Waals surface area contributed by atoms with Gasteiger partial charge in [-0.3, -0.25) is 9.69 Å². The number of likely N-dealkylation sites (N-methyl/N-ethyl adjacent to an activating group) is 1. The van der Waals surface area contributed by atoms with Gasteiger partial charge in [-0.15, -0.1) is 0 Å². The summed E-state index contributed by atoms with van der Waals surface area (Å²) in [6.07, 6.45) is 2.93. The Hall–Kier alpha value is -1.39. The second-order valence-electron chi connectivity index (χ2n) is 6.40. The van der Waals surface area contributed by atoms with Crippen molar-refractivity contribution in [1.29, 1.82) is 0 Å². The minimum absolute atomic E-state index is 0.0533. The van der Waals surface area contributed by atoms with Crippen LogP contribution in [0.2, 0.25) is 0 Å². The molecule has 1 aromatic rings. The van der Waals surface area contributed by atoms with E-state index in [0.29, 0.717) is 13.0 Å². The monoisotopic (exact) mass is 304 g/mol. The van der Waals surface area contributed by atoms with Gasteiger partial charge in [0.15, 0.2) is 0 Å². The summed E-state index contributed by atoms with van der Waals surface area (Å²) < 4.78 is 0. The lowest BCUT2D eigenvalue weighted by atomic mass is 9.99. The minimum atomic E-state index is -0.0533. The zero-order valence-corrected chi connectivity index (χ0v) is 13.7. The fourth-order valence-corrected chi connectivity index (χ4v) is 3.08. The van der Waals surface area contributed by atoms with Gasteiger partial charge in [0, 0.05) is 13.7 Å². The summed E-state index contributed by atoms with van der Waals surface area (Å²) in [5, 5.41) is 9.33. The Bertz CT molecular complexity index is 455. The third-order valence-corrected chi connectivity index (χ3v) is 4.68. The van der Waals surface area contributed by atoms with Crippen molar-refractivity contribution in [2.24, 2.45) is 5.92 Å². The Morgan fingerprint density at radius 3 is 2.55 bits per heavy atom. The molecule has 2 rings (SSSR count). The van der Waals surface area contributed by atoms with Crippen molar-refractivity contribution in [2.75, 3.05) is 33.3 Å². The van der Waals surface area contributed by atoms with E-state index in [2.05, 4.69) is 11.8 Å². The molecule has 1 saturated heterocycles. The Balaban J connectivity index is 1.97. The maximum Gasteiger partial charge on any atom is 0.237 e. The summed E-state index contributed by atoms with van der Waals surface area (Å²) in [6, 6.07) is 9.91. The maximum absolute atomic E-state index is 12.6. The summed E-state index contributed by atoms with van der Waals surface area (Å²) in [5.41, 5.74) is 1.08. The first-order chi connectivity index (χ1) is 10.6. The van der Waals surface area contributed by atoms with E-state index < -0.39 is 0 Å². The van der Waals surface area contributed by atoms with Crippen molar-refractivity contribution in [1.82, 2.24) is 9.80 Å². The Kier molecular flexibility index (Phi) is 6.40.